The fourth-order valence-corrected chi connectivity index (χ4v) is 4.48. The second-order valence-corrected chi connectivity index (χ2v) is 8.56. The van der Waals surface area contributed by atoms with Crippen LogP contribution in [0.25, 0.3) is 21.6 Å². The van der Waals surface area contributed by atoms with Crippen molar-refractivity contribution in [1.29, 1.82) is 0 Å². The first-order chi connectivity index (χ1) is 13.2. The summed E-state index contributed by atoms with van der Waals surface area (Å²) in [6, 6.07) is 4.94. The highest BCUT2D eigenvalue weighted by Crippen LogP contribution is 2.35. The molecule has 0 fully saturated rings. The lowest BCUT2D eigenvalue weighted by molar-refractivity contribution is 0.0743. The maximum Gasteiger partial charge on any atom is 0.221 e. The number of aromatic nitrogens is 5. The average Bonchev–Trinajstić information content (AvgIpc) is 3.23. The molecule has 1 aromatic carbocycles. The molecular formula is C18H16BrFN6OS. The van der Waals surface area contributed by atoms with E-state index in [9.17, 15) is 9.50 Å². The fraction of sp³-hybridized carbons (Fsp3) is 0.222. The molecule has 0 aliphatic rings. The van der Waals surface area contributed by atoms with Gasteiger partial charge in [0.15, 0.2) is 0 Å². The zero-order valence-corrected chi connectivity index (χ0v) is 17.4. The summed E-state index contributed by atoms with van der Waals surface area (Å²) in [5, 5.41) is 20.3. The summed E-state index contributed by atoms with van der Waals surface area (Å²) in [6.45, 7) is 3.26. The predicted molar refractivity (Wildman–Crippen MR) is 109 cm³/mol. The van der Waals surface area contributed by atoms with Crippen LogP contribution in [0.5, 0.6) is 0 Å². The molecule has 0 atom stereocenters. The Balaban J connectivity index is 1.71. The Labute approximate surface area is 172 Å². The molecule has 4 rings (SSSR count). The second-order valence-electron chi connectivity index (χ2n) is 6.83. The number of aliphatic hydroxyl groups is 1. The molecule has 0 aliphatic heterocycles. The molecular weight excluding hydrogens is 447 g/mol. The first-order valence-electron chi connectivity index (χ1n) is 8.35. The van der Waals surface area contributed by atoms with E-state index in [1.165, 1.54) is 16.0 Å². The summed E-state index contributed by atoms with van der Waals surface area (Å²) in [7, 11) is 0. The van der Waals surface area contributed by atoms with E-state index >= 15 is 0 Å². The van der Waals surface area contributed by atoms with Crippen LogP contribution in [0.4, 0.5) is 10.3 Å². The molecule has 3 aromatic heterocycles. The van der Waals surface area contributed by atoms with Gasteiger partial charge >= 0.3 is 0 Å². The highest BCUT2D eigenvalue weighted by atomic mass is 79.9. The highest BCUT2D eigenvalue weighted by Gasteiger charge is 2.22. The topological polar surface area (TPSA) is 103 Å². The van der Waals surface area contributed by atoms with Crippen molar-refractivity contribution in [2.45, 2.75) is 26.0 Å². The molecule has 10 heteroatoms. The molecule has 4 aromatic rings. The molecule has 3 N–H and O–H groups in total. The van der Waals surface area contributed by atoms with Gasteiger partial charge in [-0.25, -0.2) is 19.0 Å². The Morgan fingerprint density at radius 2 is 2.11 bits per heavy atom. The Kier molecular flexibility index (Phi) is 4.64. The molecule has 0 unspecified atom stereocenters. The van der Waals surface area contributed by atoms with Crippen molar-refractivity contribution in [3.63, 3.8) is 0 Å². The van der Waals surface area contributed by atoms with Crippen LogP contribution in [0.15, 0.2) is 34.2 Å². The third kappa shape index (κ3) is 3.38. The summed E-state index contributed by atoms with van der Waals surface area (Å²) in [6.07, 6.45) is 1.69. The van der Waals surface area contributed by atoms with Crippen LogP contribution in [-0.4, -0.2) is 30.1 Å². The molecule has 0 bridgehead atoms. The summed E-state index contributed by atoms with van der Waals surface area (Å²) < 4.78 is 18.0. The quantitative estimate of drug-likeness (QED) is 0.479. The van der Waals surface area contributed by atoms with Crippen molar-refractivity contribution in [3.8, 4) is 11.4 Å². The standard InChI is InChI=1S/C18H16BrFN6OS/c1-18(2,27)10-5-3-4-9(13(10)20)6-26-7-12(24-25-26)15-16-14(11(19)8-28-16)22-17(21)23-15/h3-5,7-8,27H,6H2,1-2H3,(H2,21,22,23). The number of thiophene rings is 1. The molecule has 0 aliphatic carbocycles. The highest BCUT2D eigenvalue weighted by molar-refractivity contribution is 9.10. The Bertz CT molecular complexity index is 1180. The van der Waals surface area contributed by atoms with Crippen LogP contribution in [0, 0.1) is 5.82 Å². The Morgan fingerprint density at radius 3 is 2.86 bits per heavy atom. The summed E-state index contributed by atoms with van der Waals surface area (Å²) in [5.41, 5.74) is 7.01. The van der Waals surface area contributed by atoms with Crippen molar-refractivity contribution in [3.05, 3.63) is 51.2 Å². The minimum Gasteiger partial charge on any atom is -0.386 e. The zero-order chi connectivity index (χ0) is 20.1. The van der Waals surface area contributed by atoms with Crippen LogP contribution in [-0.2, 0) is 12.1 Å². The molecule has 0 saturated carbocycles. The molecule has 0 spiro atoms. The van der Waals surface area contributed by atoms with Crippen LogP contribution < -0.4 is 5.73 Å². The molecule has 0 amide bonds. The van der Waals surface area contributed by atoms with Crippen molar-refractivity contribution >= 4 is 43.4 Å². The van der Waals surface area contributed by atoms with Gasteiger partial charge in [0.2, 0.25) is 5.95 Å². The number of rotatable bonds is 4. The number of fused-ring (bicyclic) bond motifs is 1. The van der Waals surface area contributed by atoms with Gasteiger partial charge < -0.3 is 10.8 Å². The Morgan fingerprint density at radius 1 is 1.32 bits per heavy atom. The third-order valence-corrected chi connectivity index (χ3v) is 6.12. The molecule has 144 valence electrons. The number of benzene rings is 1. The zero-order valence-electron chi connectivity index (χ0n) is 15.0. The van der Waals surface area contributed by atoms with E-state index in [4.69, 9.17) is 5.73 Å². The minimum absolute atomic E-state index is 0.139. The molecule has 0 radical (unpaired) electrons. The van der Waals surface area contributed by atoms with Gasteiger partial charge in [0, 0.05) is 16.5 Å². The van der Waals surface area contributed by atoms with Crippen LogP contribution in [0.3, 0.4) is 0 Å². The van der Waals surface area contributed by atoms with Crippen molar-refractivity contribution < 1.29 is 9.50 Å². The molecule has 28 heavy (non-hydrogen) atoms. The molecule has 3 heterocycles. The molecule has 0 saturated heterocycles. The van der Waals surface area contributed by atoms with E-state index in [0.29, 0.717) is 22.5 Å². The van der Waals surface area contributed by atoms with Gasteiger partial charge in [-0.05, 0) is 29.8 Å². The van der Waals surface area contributed by atoms with Crippen molar-refractivity contribution in [1.82, 2.24) is 25.0 Å². The number of nitrogens with zero attached hydrogens (tertiary/aromatic N) is 5. The second kappa shape index (κ2) is 6.87. The third-order valence-electron chi connectivity index (χ3n) is 4.24. The summed E-state index contributed by atoms with van der Waals surface area (Å²) in [5.74, 6) is -0.317. The van der Waals surface area contributed by atoms with Gasteiger partial charge in [-0.3, -0.25) is 0 Å². The lowest BCUT2D eigenvalue weighted by Gasteiger charge is -2.19. The van der Waals surface area contributed by atoms with Crippen molar-refractivity contribution in [2.24, 2.45) is 0 Å². The fourth-order valence-electron chi connectivity index (χ4n) is 2.91. The van der Waals surface area contributed by atoms with Crippen LogP contribution >= 0.6 is 27.3 Å². The smallest absolute Gasteiger partial charge is 0.221 e. The maximum atomic E-state index is 14.8. The number of anilines is 1. The first kappa shape index (κ1) is 18.9. The van der Waals surface area contributed by atoms with Gasteiger partial charge in [-0.2, -0.15) is 0 Å². The van der Waals surface area contributed by atoms with Gasteiger partial charge in [-0.15, -0.1) is 16.4 Å². The number of hydrogen-bond donors (Lipinski definition) is 2. The number of halogens is 2. The summed E-state index contributed by atoms with van der Waals surface area (Å²) in [4.78, 5) is 8.54. The van der Waals surface area contributed by atoms with E-state index in [1.54, 1.807) is 38.2 Å². The van der Waals surface area contributed by atoms with Gasteiger partial charge in [0.05, 0.1) is 27.5 Å². The van der Waals surface area contributed by atoms with E-state index in [2.05, 4.69) is 36.2 Å². The van der Waals surface area contributed by atoms with E-state index in [-0.39, 0.29) is 18.1 Å². The van der Waals surface area contributed by atoms with Crippen LogP contribution in [0.1, 0.15) is 25.0 Å². The first-order valence-corrected chi connectivity index (χ1v) is 10.0. The average molecular weight is 463 g/mol. The van der Waals surface area contributed by atoms with Gasteiger partial charge in [0.25, 0.3) is 0 Å². The lowest BCUT2D eigenvalue weighted by Crippen LogP contribution is -2.19. The normalized spacial score (nSPS) is 12.0. The molecule has 7 nitrogen and oxygen atoms in total. The Hall–Kier alpha value is -2.43. The predicted octanol–water partition coefficient (Wildman–Crippen LogP) is 3.71. The number of nitrogens with two attached hydrogens (primary N) is 1. The largest absolute Gasteiger partial charge is 0.386 e. The van der Waals surface area contributed by atoms with Gasteiger partial charge in [0.1, 0.15) is 22.7 Å². The lowest BCUT2D eigenvalue weighted by atomic mass is 9.95. The minimum atomic E-state index is -1.27. The SMILES string of the molecule is CC(C)(O)c1cccc(Cn2cc(-c3nc(N)nc4c(Br)csc34)nn2)c1F. The van der Waals surface area contributed by atoms with Crippen LogP contribution in [0.2, 0.25) is 0 Å². The van der Waals surface area contributed by atoms with E-state index in [0.717, 1.165) is 9.17 Å². The van der Waals surface area contributed by atoms with E-state index < -0.39 is 11.4 Å². The van der Waals surface area contributed by atoms with Crippen molar-refractivity contribution in [2.75, 3.05) is 5.73 Å². The number of hydrogen-bond acceptors (Lipinski definition) is 7. The van der Waals surface area contributed by atoms with Gasteiger partial charge in [-0.1, -0.05) is 23.4 Å². The van der Waals surface area contributed by atoms with E-state index in [1.807, 2.05) is 5.38 Å². The summed E-state index contributed by atoms with van der Waals surface area (Å²) >= 11 is 4.92. The monoisotopic (exact) mass is 462 g/mol. The number of nitrogen functional groups attached to an aromatic ring is 1. The maximum absolute atomic E-state index is 14.8.